The van der Waals surface area contributed by atoms with Crippen LogP contribution in [0.5, 0.6) is 0 Å². The van der Waals surface area contributed by atoms with E-state index < -0.39 is 0 Å². The molecule has 2 heterocycles. The van der Waals surface area contributed by atoms with Gasteiger partial charge in [0.05, 0.1) is 10.6 Å². The van der Waals surface area contributed by atoms with E-state index >= 15 is 0 Å². The van der Waals surface area contributed by atoms with Crippen molar-refractivity contribution in [3.63, 3.8) is 0 Å². The largest absolute Gasteiger partial charge is 0.293 e. The molecule has 2 aromatic rings. The fourth-order valence-electron chi connectivity index (χ4n) is 2.74. The van der Waals surface area contributed by atoms with Gasteiger partial charge in [0.1, 0.15) is 10.7 Å². The highest BCUT2D eigenvalue weighted by molar-refractivity contribution is 7.17. The van der Waals surface area contributed by atoms with Gasteiger partial charge in [-0.25, -0.2) is 4.98 Å². The van der Waals surface area contributed by atoms with Crippen LogP contribution in [0.15, 0.2) is 18.3 Å². The quantitative estimate of drug-likeness (QED) is 0.840. The van der Waals surface area contributed by atoms with Crippen LogP contribution in [0.1, 0.15) is 48.1 Å². The van der Waals surface area contributed by atoms with E-state index in [-0.39, 0.29) is 11.2 Å². The minimum Gasteiger partial charge on any atom is -0.293 e. The Morgan fingerprint density at radius 2 is 2.15 bits per heavy atom. The molecule has 0 bridgehead atoms. The Bertz CT molecular complexity index is 673. The molecule has 0 saturated carbocycles. The third-order valence-corrected chi connectivity index (χ3v) is 4.86. The molecule has 1 aliphatic rings. The van der Waals surface area contributed by atoms with Gasteiger partial charge in [-0.1, -0.05) is 26.8 Å². The van der Waals surface area contributed by atoms with Crippen LogP contribution in [0.2, 0.25) is 0 Å². The maximum atomic E-state index is 12.3. The molecular formula is C16H18N2OS. The van der Waals surface area contributed by atoms with Crippen molar-refractivity contribution < 1.29 is 4.79 Å². The minimum atomic E-state index is 0.0210. The number of thiazole rings is 1. The first kappa shape index (κ1) is 13.4. The van der Waals surface area contributed by atoms with Gasteiger partial charge in [-0.15, -0.1) is 11.3 Å². The summed E-state index contributed by atoms with van der Waals surface area (Å²) in [4.78, 5) is 22.3. The molecule has 0 aromatic carbocycles. The Kier molecular flexibility index (Phi) is 3.21. The maximum absolute atomic E-state index is 12.3. The number of ketones is 1. The second-order valence-corrected chi connectivity index (χ2v) is 7.10. The molecule has 20 heavy (non-hydrogen) atoms. The van der Waals surface area contributed by atoms with Crippen molar-refractivity contribution in [2.45, 2.75) is 40.0 Å². The molecule has 104 valence electrons. The van der Waals surface area contributed by atoms with Crippen LogP contribution in [-0.2, 0) is 12.8 Å². The van der Waals surface area contributed by atoms with Gasteiger partial charge in [-0.3, -0.25) is 9.78 Å². The number of nitrogens with zero attached hydrogens (tertiary/aromatic N) is 2. The zero-order valence-electron chi connectivity index (χ0n) is 12.1. The summed E-state index contributed by atoms with van der Waals surface area (Å²) in [7, 11) is 0. The monoisotopic (exact) mass is 286 g/mol. The Morgan fingerprint density at radius 1 is 1.35 bits per heavy atom. The zero-order chi connectivity index (χ0) is 14.3. The van der Waals surface area contributed by atoms with Crippen molar-refractivity contribution in [1.82, 2.24) is 9.97 Å². The number of hydrogen-bond acceptors (Lipinski definition) is 4. The van der Waals surface area contributed by atoms with E-state index in [1.165, 1.54) is 16.9 Å². The molecular weight excluding hydrogens is 268 g/mol. The summed E-state index contributed by atoms with van der Waals surface area (Å²) in [5.74, 6) is 0.231. The summed E-state index contributed by atoms with van der Waals surface area (Å²) in [6, 6.07) is 4.03. The second kappa shape index (κ2) is 4.77. The molecule has 0 amide bonds. The van der Waals surface area contributed by atoms with E-state index in [2.05, 4.69) is 31.8 Å². The highest BCUT2D eigenvalue weighted by Gasteiger charge is 2.34. The molecule has 0 N–H and O–H groups in total. The van der Waals surface area contributed by atoms with Gasteiger partial charge in [-0.2, -0.15) is 0 Å². The number of carbonyl (C=O) groups is 1. The molecule has 0 radical (unpaired) electrons. The molecule has 0 saturated heterocycles. The number of rotatable bonds is 2. The summed E-state index contributed by atoms with van der Waals surface area (Å²) in [5.41, 5.74) is 3.09. The summed E-state index contributed by atoms with van der Waals surface area (Å²) < 4.78 is 0. The molecule has 2 aromatic heterocycles. The molecule has 0 fully saturated rings. The van der Waals surface area contributed by atoms with Gasteiger partial charge in [0, 0.05) is 12.6 Å². The molecule has 3 rings (SSSR count). The highest BCUT2D eigenvalue weighted by atomic mass is 32.1. The van der Waals surface area contributed by atoms with Gasteiger partial charge in [0.25, 0.3) is 0 Å². The van der Waals surface area contributed by atoms with Crippen LogP contribution in [-0.4, -0.2) is 15.8 Å². The van der Waals surface area contributed by atoms with Crippen molar-refractivity contribution >= 4 is 17.1 Å². The molecule has 1 aliphatic carbocycles. The topological polar surface area (TPSA) is 42.9 Å². The van der Waals surface area contributed by atoms with Crippen molar-refractivity contribution in [1.29, 1.82) is 0 Å². The SMILES string of the molecule is CCc1cccnc1-c1nc2c(s1)C(=O)CC(C)(C)C2. The third kappa shape index (κ3) is 2.29. The summed E-state index contributed by atoms with van der Waals surface area (Å²) in [6.45, 7) is 6.37. The minimum absolute atomic E-state index is 0.0210. The number of pyridine rings is 1. The first-order valence-corrected chi connectivity index (χ1v) is 7.79. The van der Waals surface area contributed by atoms with Gasteiger partial charge < -0.3 is 0 Å². The highest BCUT2D eigenvalue weighted by Crippen LogP contribution is 2.39. The Morgan fingerprint density at radius 3 is 2.90 bits per heavy atom. The van der Waals surface area contributed by atoms with Gasteiger partial charge >= 0.3 is 0 Å². The number of fused-ring (bicyclic) bond motifs is 1. The Balaban J connectivity index is 2.08. The fraction of sp³-hybridized carbons (Fsp3) is 0.438. The first-order valence-electron chi connectivity index (χ1n) is 6.97. The molecule has 0 atom stereocenters. The number of aryl methyl sites for hydroxylation is 1. The molecule has 3 nitrogen and oxygen atoms in total. The number of Topliss-reactive ketones (excluding diaryl/α,β-unsaturated/α-hetero) is 1. The molecule has 0 aliphatic heterocycles. The van der Waals surface area contributed by atoms with Crippen LogP contribution in [0.3, 0.4) is 0 Å². The maximum Gasteiger partial charge on any atom is 0.175 e. The first-order chi connectivity index (χ1) is 9.50. The van der Waals surface area contributed by atoms with Crippen LogP contribution < -0.4 is 0 Å². The van der Waals surface area contributed by atoms with Crippen molar-refractivity contribution in [3.8, 4) is 10.7 Å². The summed E-state index contributed by atoms with van der Waals surface area (Å²) >= 11 is 1.50. The Labute approximate surface area is 123 Å². The smallest absolute Gasteiger partial charge is 0.175 e. The molecule has 0 spiro atoms. The van der Waals surface area contributed by atoms with E-state index in [0.29, 0.717) is 6.42 Å². The zero-order valence-corrected chi connectivity index (χ0v) is 12.9. The van der Waals surface area contributed by atoms with Gasteiger partial charge in [-0.05, 0) is 29.9 Å². The van der Waals surface area contributed by atoms with Crippen LogP contribution in [0, 0.1) is 5.41 Å². The lowest BCUT2D eigenvalue weighted by Crippen LogP contribution is -2.25. The van der Waals surface area contributed by atoms with Crippen molar-refractivity contribution in [2.24, 2.45) is 5.41 Å². The van der Waals surface area contributed by atoms with Gasteiger partial charge in [0.15, 0.2) is 5.78 Å². The van der Waals surface area contributed by atoms with Gasteiger partial charge in [0.2, 0.25) is 0 Å². The lowest BCUT2D eigenvalue weighted by molar-refractivity contribution is 0.0916. The normalized spacial score (nSPS) is 17.1. The third-order valence-electron chi connectivity index (χ3n) is 3.71. The second-order valence-electron chi connectivity index (χ2n) is 6.10. The fourth-order valence-corrected chi connectivity index (χ4v) is 3.79. The summed E-state index contributed by atoms with van der Waals surface area (Å²) in [6.07, 6.45) is 4.21. The Hall–Kier alpha value is -1.55. The van der Waals surface area contributed by atoms with E-state index in [9.17, 15) is 4.79 Å². The van der Waals surface area contributed by atoms with E-state index in [4.69, 9.17) is 4.98 Å². The predicted molar refractivity (Wildman–Crippen MR) is 81.2 cm³/mol. The molecule has 0 unspecified atom stereocenters. The van der Waals surface area contributed by atoms with E-state index in [1.807, 2.05) is 6.07 Å². The van der Waals surface area contributed by atoms with Crippen molar-refractivity contribution in [3.05, 3.63) is 34.5 Å². The van der Waals surface area contributed by atoms with Crippen LogP contribution in [0.4, 0.5) is 0 Å². The van der Waals surface area contributed by atoms with Crippen LogP contribution >= 0.6 is 11.3 Å². The van der Waals surface area contributed by atoms with Crippen molar-refractivity contribution in [2.75, 3.05) is 0 Å². The van der Waals surface area contributed by atoms with Crippen LogP contribution in [0.25, 0.3) is 10.7 Å². The lowest BCUT2D eigenvalue weighted by Gasteiger charge is -2.26. The standard InChI is InChI=1S/C16H18N2OS/c1-4-10-6-5-7-17-13(10)15-18-11-8-16(2,3)9-12(19)14(11)20-15/h5-7H,4,8-9H2,1-3H3. The van der Waals surface area contributed by atoms with E-state index in [1.54, 1.807) is 6.20 Å². The number of aromatic nitrogens is 2. The number of hydrogen-bond donors (Lipinski definition) is 0. The summed E-state index contributed by atoms with van der Waals surface area (Å²) in [5, 5.41) is 0.888. The average Bonchev–Trinajstić information content (AvgIpc) is 2.81. The molecule has 4 heteroatoms. The average molecular weight is 286 g/mol. The van der Waals surface area contributed by atoms with E-state index in [0.717, 1.165) is 34.1 Å². The number of carbonyl (C=O) groups excluding carboxylic acids is 1. The lowest BCUT2D eigenvalue weighted by atomic mass is 9.78. The predicted octanol–water partition coefficient (Wildman–Crippen LogP) is 3.92.